The minimum Gasteiger partial charge on any atom is -0.313 e. The van der Waals surface area contributed by atoms with Crippen LogP contribution in [0.1, 0.15) is 24.5 Å². The number of hydrogen-bond acceptors (Lipinski definition) is 2. The fraction of sp³-hybridized carbons (Fsp3) is 0.600. The smallest absolute Gasteiger partial charge is 0.0197 e. The Hall–Kier alpha value is -0.470. The lowest BCUT2D eigenvalue weighted by molar-refractivity contribution is 0.425. The molecule has 2 rings (SSSR count). The lowest BCUT2D eigenvalue weighted by atomic mass is 9.94. The molecule has 1 aliphatic rings. The Labute approximate surface area is 109 Å². The zero-order chi connectivity index (χ0) is 12.1. The van der Waals surface area contributed by atoms with Crippen molar-refractivity contribution in [2.24, 2.45) is 5.92 Å². The third kappa shape index (κ3) is 3.75. The van der Waals surface area contributed by atoms with E-state index in [1.807, 2.05) is 0 Å². The van der Waals surface area contributed by atoms with E-state index in [1.54, 1.807) is 0 Å². The highest BCUT2D eigenvalue weighted by Gasteiger charge is 2.26. The molecule has 17 heavy (non-hydrogen) atoms. The van der Waals surface area contributed by atoms with E-state index < -0.39 is 0 Å². The van der Waals surface area contributed by atoms with Crippen LogP contribution in [0.3, 0.4) is 0 Å². The maximum absolute atomic E-state index is 3.69. The van der Waals surface area contributed by atoms with Crippen LogP contribution in [0.5, 0.6) is 0 Å². The molecule has 0 radical (unpaired) electrons. The summed E-state index contributed by atoms with van der Waals surface area (Å²) in [5, 5.41) is 3.69. The summed E-state index contributed by atoms with van der Waals surface area (Å²) < 4.78 is 0. The summed E-state index contributed by atoms with van der Waals surface area (Å²) in [5.74, 6) is 3.42. The standard InChI is InChI=1S/C15H23NS/c1-3-8-16-15-11-17-10-14(15)9-13-6-4-12(2)5-7-13/h4-7,14-16H,3,8-11H2,1-2H3. The number of nitrogens with one attached hydrogen (secondary N) is 1. The first-order chi connectivity index (χ1) is 8.29. The summed E-state index contributed by atoms with van der Waals surface area (Å²) in [6.45, 7) is 5.56. The topological polar surface area (TPSA) is 12.0 Å². The molecule has 1 aromatic carbocycles. The van der Waals surface area contributed by atoms with Crippen LogP contribution < -0.4 is 5.32 Å². The Morgan fingerprint density at radius 1 is 1.24 bits per heavy atom. The largest absolute Gasteiger partial charge is 0.313 e. The Balaban J connectivity index is 1.90. The molecular formula is C15H23NS. The highest BCUT2D eigenvalue weighted by molar-refractivity contribution is 7.99. The normalized spacial score (nSPS) is 24.1. The molecule has 0 aliphatic carbocycles. The van der Waals surface area contributed by atoms with Crippen LogP contribution in [-0.2, 0) is 6.42 Å². The van der Waals surface area contributed by atoms with Gasteiger partial charge >= 0.3 is 0 Å². The maximum Gasteiger partial charge on any atom is 0.0197 e. The molecule has 0 bridgehead atoms. The fourth-order valence-corrected chi connectivity index (χ4v) is 3.81. The van der Waals surface area contributed by atoms with Gasteiger partial charge in [-0.05, 0) is 43.5 Å². The molecule has 1 nitrogen and oxygen atoms in total. The van der Waals surface area contributed by atoms with Crippen molar-refractivity contribution in [3.8, 4) is 0 Å². The van der Waals surface area contributed by atoms with Crippen LogP contribution in [0.4, 0.5) is 0 Å². The second-order valence-electron chi connectivity index (χ2n) is 5.05. The Morgan fingerprint density at radius 2 is 2.00 bits per heavy atom. The predicted molar refractivity (Wildman–Crippen MR) is 77.8 cm³/mol. The first-order valence-electron chi connectivity index (χ1n) is 6.66. The third-order valence-electron chi connectivity index (χ3n) is 3.47. The zero-order valence-corrected chi connectivity index (χ0v) is 11.7. The molecule has 1 aliphatic heterocycles. The molecule has 2 heteroatoms. The predicted octanol–water partition coefficient (Wildman–Crippen LogP) is 3.27. The van der Waals surface area contributed by atoms with Gasteiger partial charge in [-0.3, -0.25) is 0 Å². The van der Waals surface area contributed by atoms with Gasteiger partial charge in [0.25, 0.3) is 0 Å². The van der Waals surface area contributed by atoms with Gasteiger partial charge in [0, 0.05) is 11.8 Å². The van der Waals surface area contributed by atoms with Gasteiger partial charge in [-0.1, -0.05) is 36.8 Å². The molecule has 1 aromatic rings. The molecule has 1 N–H and O–H groups in total. The minimum absolute atomic E-state index is 0.723. The lowest BCUT2D eigenvalue weighted by Crippen LogP contribution is -2.36. The van der Waals surface area contributed by atoms with Gasteiger partial charge in [0.1, 0.15) is 0 Å². The van der Waals surface area contributed by atoms with E-state index in [9.17, 15) is 0 Å². The average molecular weight is 249 g/mol. The van der Waals surface area contributed by atoms with Crippen molar-refractivity contribution < 1.29 is 0 Å². The van der Waals surface area contributed by atoms with E-state index in [0.717, 1.165) is 18.5 Å². The summed E-state index contributed by atoms with van der Waals surface area (Å²) in [6, 6.07) is 9.75. The monoisotopic (exact) mass is 249 g/mol. The molecule has 0 spiro atoms. The second kappa shape index (κ2) is 6.46. The summed E-state index contributed by atoms with van der Waals surface area (Å²) in [5.41, 5.74) is 2.85. The Morgan fingerprint density at radius 3 is 2.71 bits per heavy atom. The summed E-state index contributed by atoms with van der Waals surface area (Å²) in [4.78, 5) is 0. The van der Waals surface area contributed by atoms with E-state index >= 15 is 0 Å². The number of rotatable bonds is 5. The average Bonchev–Trinajstić information content (AvgIpc) is 2.77. The SMILES string of the molecule is CCCNC1CSCC1Cc1ccc(C)cc1. The number of thioether (sulfide) groups is 1. The summed E-state index contributed by atoms with van der Waals surface area (Å²) in [6.07, 6.45) is 2.47. The summed E-state index contributed by atoms with van der Waals surface area (Å²) in [7, 11) is 0. The molecule has 2 unspecified atom stereocenters. The highest BCUT2D eigenvalue weighted by Crippen LogP contribution is 2.27. The van der Waals surface area contributed by atoms with Crippen molar-refractivity contribution in [1.29, 1.82) is 0 Å². The van der Waals surface area contributed by atoms with Crippen molar-refractivity contribution in [1.82, 2.24) is 5.32 Å². The van der Waals surface area contributed by atoms with Crippen LogP contribution in [0.15, 0.2) is 24.3 Å². The molecule has 0 saturated carbocycles. The highest BCUT2D eigenvalue weighted by atomic mass is 32.2. The van der Waals surface area contributed by atoms with Crippen LogP contribution >= 0.6 is 11.8 Å². The van der Waals surface area contributed by atoms with Crippen molar-refractivity contribution in [3.05, 3.63) is 35.4 Å². The van der Waals surface area contributed by atoms with Crippen LogP contribution in [0.2, 0.25) is 0 Å². The molecule has 1 saturated heterocycles. The van der Waals surface area contributed by atoms with Gasteiger partial charge in [0.15, 0.2) is 0 Å². The molecule has 2 atom stereocenters. The Kier molecular flexibility index (Phi) is 4.93. The van der Waals surface area contributed by atoms with Gasteiger partial charge in [0.2, 0.25) is 0 Å². The van der Waals surface area contributed by atoms with E-state index in [4.69, 9.17) is 0 Å². The number of aryl methyl sites for hydroxylation is 1. The van der Waals surface area contributed by atoms with Crippen LogP contribution in [0, 0.1) is 12.8 Å². The molecule has 0 aromatic heterocycles. The zero-order valence-electron chi connectivity index (χ0n) is 10.9. The van der Waals surface area contributed by atoms with E-state index in [1.165, 1.54) is 35.5 Å². The van der Waals surface area contributed by atoms with Gasteiger partial charge in [-0.25, -0.2) is 0 Å². The summed E-state index contributed by atoms with van der Waals surface area (Å²) >= 11 is 2.10. The quantitative estimate of drug-likeness (QED) is 0.859. The fourth-order valence-electron chi connectivity index (χ4n) is 2.38. The lowest BCUT2D eigenvalue weighted by Gasteiger charge is -2.20. The van der Waals surface area contributed by atoms with Gasteiger partial charge in [-0.2, -0.15) is 11.8 Å². The van der Waals surface area contributed by atoms with Gasteiger partial charge in [-0.15, -0.1) is 0 Å². The van der Waals surface area contributed by atoms with E-state index in [2.05, 4.69) is 55.2 Å². The maximum atomic E-state index is 3.69. The van der Waals surface area contributed by atoms with Gasteiger partial charge < -0.3 is 5.32 Å². The van der Waals surface area contributed by atoms with Crippen LogP contribution in [-0.4, -0.2) is 24.1 Å². The first-order valence-corrected chi connectivity index (χ1v) is 7.81. The molecule has 1 heterocycles. The molecule has 1 fully saturated rings. The molecular weight excluding hydrogens is 226 g/mol. The Bertz CT molecular complexity index is 333. The second-order valence-corrected chi connectivity index (χ2v) is 6.12. The van der Waals surface area contributed by atoms with E-state index in [0.29, 0.717) is 0 Å². The van der Waals surface area contributed by atoms with E-state index in [-0.39, 0.29) is 0 Å². The van der Waals surface area contributed by atoms with Crippen molar-refractivity contribution in [2.45, 2.75) is 32.7 Å². The minimum atomic E-state index is 0.723. The van der Waals surface area contributed by atoms with Crippen molar-refractivity contribution >= 4 is 11.8 Å². The number of benzene rings is 1. The number of hydrogen-bond donors (Lipinski definition) is 1. The van der Waals surface area contributed by atoms with Gasteiger partial charge in [0.05, 0.1) is 0 Å². The van der Waals surface area contributed by atoms with Crippen molar-refractivity contribution in [2.75, 3.05) is 18.1 Å². The first kappa shape index (κ1) is 13.0. The van der Waals surface area contributed by atoms with Crippen LogP contribution in [0.25, 0.3) is 0 Å². The van der Waals surface area contributed by atoms with Crippen molar-refractivity contribution in [3.63, 3.8) is 0 Å². The molecule has 0 amide bonds. The third-order valence-corrected chi connectivity index (χ3v) is 4.73. The molecule has 94 valence electrons.